The van der Waals surface area contributed by atoms with Crippen molar-refractivity contribution in [2.75, 3.05) is 6.26 Å². The third-order valence-electron chi connectivity index (χ3n) is 2.64. The zero-order chi connectivity index (χ0) is 12.4. The number of hydrogen-bond donors (Lipinski definition) is 0. The van der Waals surface area contributed by atoms with Gasteiger partial charge in [-0.15, -0.1) is 16.9 Å². The maximum atomic E-state index is 4.26. The molecule has 0 bridgehead atoms. The van der Waals surface area contributed by atoms with Crippen LogP contribution in [0.3, 0.4) is 0 Å². The number of fused-ring (bicyclic) bond motifs is 1. The van der Waals surface area contributed by atoms with Gasteiger partial charge in [0, 0.05) is 0 Å². The lowest BCUT2D eigenvalue weighted by Gasteiger charge is -2.01. The van der Waals surface area contributed by atoms with E-state index < -0.39 is 0 Å². The van der Waals surface area contributed by atoms with Gasteiger partial charge in [-0.2, -0.15) is 0 Å². The van der Waals surface area contributed by atoms with Gasteiger partial charge in [-0.3, -0.25) is 0 Å². The first-order chi connectivity index (χ1) is 8.88. The molecule has 0 fully saturated rings. The van der Waals surface area contributed by atoms with E-state index in [1.165, 1.54) is 5.56 Å². The molecular weight excluding hydrogens is 246 g/mol. The third kappa shape index (κ3) is 1.95. The quantitative estimate of drug-likeness (QED) is 0.530. The average Bonchev–Trinajstić information content (AvgIpc) is 2.83. The van der Waals surface area contributed by atoms with Crippen LogP contribution >= 0.6 is 11.8 Å². The van der Waals surface area contributed by atoms with Gasteiger partial charge < -0.3 is 0 Å². The Kier molecular flexibility index (Phi) is 2.93. The van der Waals surface area contributed by atoms with Crippen molar-refractivity contribution in [3.8, 4) is 0 Å². The highest BCUT2D eigenvalue weighted by atomic mass is 32.2. The van der Waals surface area contributed by atoms with Crippen LogP contribution in [-0.2, 0) is 6.54 Å². The summed E-state index contributed by atoms with van der Waals surface area (Å²) < 4.78 is 1.80. The molecule has 2 aromatic heterocycles. The summed E-state index contributed by atoms with van der Waals surface area (Å²) in [7, 11) is 0. The van der Waals surface area contributed by atoms with Gasteiger partial charge in [0.25, 0.3) is 0 Å². The van der Waals surface area contributed by atoms with Gasteiger partial charge in [0.15, 0.2) is 11.2 Å². The standard InChI is InChI=1S/C12H11N5S/c1-18-12-10-11(13-8-14-12)17(16-15-10)7-9-5-3-2-4-6-9/h2-6,8H,7H2,1H3. The zero-order valence-electron chi connectivity index (χ0n) is 9.82. The number of hydrogen-bond acceptors (Lipinski definition) is 5. The lowest BCUT2D eigenvalue weighted by molar-refractivity contribution is 0.664. The Morgan fingerprint density at radius 3 is 2.78 bits per heavy atom. The first-order valence-electron chi connectivity index (χ1n) is 5.50. The number of nitrogens with zero attached hydrogens (tertiary/aromatic N) is 5. The molecule has 0 spiro atoms. The summed E-state index contributed by atoms with van der Waals surface area (Å²) in [5, 5.41) is 9.16. The van der Waals surface area contributed by atoms with Crippen molar-refractivity contribution in [3.63, 3.8) is 0 Å². The lowest BCUT2D eigenvalue weighted by Crippen LogP contribution is -2.02. The molecule has 0 amide bonds. The van der Waals surface area contributed by atoms with Crippen LogP contribution in [0.5, 0.6) is 0 Å². The molecule has 3 rings (SSSR count). The SMILES string of the molecule is CSc1ncnc2c1nnn2Cc1ccccc1. The number of rotatable bonds is 3. The van der Waals surface area contributed by atoms with Gasteiger partial charge in [-0.25, -0.2) is 14.6 Å². The van der Waals surface area contributed by atoms with Crippen molar-refractivity contribution < 1.29 is 0 Å². The van der Waals surface area contributed by atoms with E-state index in [-0.39, 0.29) is 0 Å². The highest BCUT2D eigenvalue weighted by Gasteiger charge is 2.10. The van der Waals surface area contributed by atoms with E-state index >= 15 is 0 Å². The van der Waals surface area contributed by atoms with E-state index in [0.717, 1.165) is 16.2 Å². The molecule has 0 saturated carbocycles. The molecule has 6 heteroatoms. The predicted molar refractivity (Wildman–Crippen MR) is 70.4 cm³/mol. The summed E-state index contributed by atoms with van der Waals surface area (Å²) in [5.41, 5.74) is 2.72. The molecule has 0 aliphatic carbocycles. The highest BCUT2D eigenvalue weighted by Crippen LogP contribution is 2.20. The highest BCUT2D eigenvalue weighted by molar-refractivity contribution is 7.98. The average molecular weight is 257 g/mol. The Labute approximate surface area is 108 Å². The summed E-state index contributed by atoms with van der Waals surface area (Å²) in [4.78, 5) is 8.44. The van der Waals surface area contributed by atoms with Crippen LogP contribution in [0, 0.1) is 0 Å². The van der Waals surface area contributed by atoms with Crippen LogP contribution < -0.4 is 0 Å². The molecule has 90 valence electrons. The summed E-state index contributed by atoms with van der Waals surface area (Å²) in [5.74, 6) is 0. The van der Waals surface area contributed by atoms with Crippen molar-refractivity contribution in [2.45, 2.75) is 11.6 Å². The second-order valence-electron chi connectivity index (χ2n) is 3.79. The maximum absolute atomic E-state index is 4.26. The summed E-state index contributed by atoms with van der Waals surface area (Å²) in [6.45, 7) is 0.669. The molecule has 0 saturated heterocycles. The molecule has 0 radical (unpaired) electrons. The Morgan fingerprint density at radius 1 is 1.17 bits per heavy atom. The summed E-state index contributed by atoms with van der Waals surface area (Å²) in [6.07, 6.45) is 3.52. The van der Waals surface area contributed by atoms with Crippen LogP contribution in [0.4, 0.5) is 0 Å². The van der Waals surface area contributed by atoms with Gasteiger partial charge in [0.05, 0.1) is 6.54 Å². The Hall–Kier alpha value is -1.95. The monoisotopic (exact) mass is 257 g/mol. The minimum absolute atomic E-state index is 0.669. The fourth-order valence-electron chi connectivity index (χ4n) is 1.78. The molecular formula is C12H11N5S. The summed E-state index contributed by atoms with van der Waals surface area (Å²) in [6, 6.07) is 10.1. The topological polar surface area (TPSA) is 56.5 Å². The van der Waals surface area contributed by atoms with Gasteiger partial charge in [0.2, 0.25) is 0 Å². The van der Waals surface area contributed by atoms with Crippen LogP contribution in [-0.4, -0.2) is 31.2 Å². The third-order valence-corrected chi connectivity index (χ3v) is 3.32. The van der Waals surface area contributed by atoms with Crippen molar-refractivity contribution in [1.82, 2.24) is 25.0 Å². The second-order valence-corrected chi connectivity index (χ2v) is 4.58. The van der Waals surface area contributed by atoms with Gasteiger partial charge >= 0.3 is 0 Å². The van der Waals surface area contributed by atoms with E-state index in [1.54, 1.807) is 22.8 Å². The molecule has 0 aliphatic heterocycles. The zero-order valence-corrected chi connectivity index (χ0v) is 10.6. The first-order valence-corrected chi connectivity index (χ1v) is 6.73. The first kappa shape index (κ1) is 11.2. The van der Waals surface area contributed by atoms with Crippen LogP contribution in [0.1, 0.15) is 5.56 Å². The van der Waals surface area contributed by atoms with Gasteiger partial charge in [0.1, 0.15) is 11.4 Å². The minimum atomic E-state index is 0.669. The van der Waals surface area contributed by atoms with Gasteiger partial charge in [-0.05, 0) is 11.8 Å². The van der Waals surface area contributed by atoms with Crippen molar-refractivity contribution >= 4 is 22.9 Å². The van der Waals surface area contributed by atoms with Crippen LogP contribution in [0.15, 0.2) is 41.7 Å². The maximum Gasteiger partial charge on any atom is 0.183 e. The Morgan fingerprint density at radius 2 is 2.00 bits per heavy atom. The van der Waals surface area contributed by atoms with E-state index in [9.17, 15) is 0 Å². The predicted octanol–water partition coefficient (Wildman–Crippen LogP) is 1.99. The van der Waals surface area contributed by atoms with Gasteiger partial charge in [-0.1, -0.05) is 35.5 Å². The number of benzene rings is 1. The molecule has 18 heavy (non-hydrogen) atoms. The van der Waals surface area contributed by atoms with E-state index in [2.05, 4.69) is 32.4 Å². The number of thioether (sulfide) groups is 1. The normalized spacial score (nSPS) is 10.9. The largest absolute Gasteiger partial charge is 0.227 e. The van der Waals surface area contributed by atoms with E-state index in [0.29, 0.717) is 6.54 Å². The van der Waals surface area contributed by atoms with Crippen LogP contribution in [0.2, 0.25) is 0 Å². The molecule has 0 aliphatic rings. The summed E-state index contributed by atoms with van der Waals surface area (Å²) >= 11 is 1.55. The fourth-order valence-corrected chi connectivity index (χ4v) is 2.26. The Bertz CT molecular complexity index is 665. The minimum Gasteiger partial charge on any atom is -0.227 e. The molecule has 0 atom stereocenters. The molecule has 5 nitrogen and oxygen atoms in total. The Balaban J connectivity index is 2.03. The molecule has 3 aromatic rings. The molecule has 0 unspecified atom stereocenters. The van der Waals surface area contributed by atoms with Crippen molar-refractivity contribution in [2.24, 2.45) is 0 Å². The number of aromatic nitrogens is 5. The lowest BCUT2D eigenvalue weighted by atomic mass is 10.2. The molecule has 1 aromatic carbocycles. The second kappa shape index (κ2) is 4.73. The van der Waals surface area contributed by atoms with E-state index in [1.807, 2.05) is 24.5 Å². The molecule has 2 heterocycles. The van der Waals surface area contributed by atoms with Crippen molar-refractivity contribution in [1.29, 1.82) is 0 Å². The van der Waals surface area contributed by atoms with E-state index in [4.69, 9.17) is 0 Å². The van der Waals surface area contributed by atoms with Crippen molar-refractivity contribution in [3.05, 3.63) is 42.2 Å². The smallest absolute Gasteiger partial charge is 0.183 e. The molecule has 0 N–H and O–H groups in total. The van der Waals surface area contributed by atoms with Crippen LogP contribution in [0.25, 0.3) is 11.2 Å². The fraction of sp³-hybridized carbons (Fsp3) is 0.167.